The molecule has 0 saturated heterocycles. The Morgan fingerprint density at radius 3 is 2.29 bits per heavy atom. The molecule has 5 rings (SSSR count). The number of fused-ring (bicyclic) bond motifs is 1. The fourth-order valence-electron chi connectivity index (χ4n) is 4.20. The lowest BCUT2D eigenvalue weighted by atomic mass is 10.1. The third kappa shape index (κ3) is 3.79. The normalized spacial score (nSPS) is 12.4. The summed E-state index contributed by atoms with van der Waals surface area (Å²) < 4.78 is 6.09. The minimum absolute atomic E-state index is 0.284. The van der Waals surface area contributed by atoms with Gasteiger partial charge >= 0.3 is 5.69 Å². The lowest BCUT2D eigenvalue weighted by Crippen LogP contribution is -2.40. The lowest BCUT2D eigenvalue weighted by molar-refractivity contribution is 0.579. The molecule has 0 saturated carbocycles. The van der Waals surface area contributed by atoms with E-state index in [1.807, 2.05) is 49.4 Å². The molecule has 0 aliphatic heterocycles. The molecule has 178 valence electrons. The van der Waals surface area contributed by atoms with Crippen LogP contribution in [0.1, 0.15) is 18.5 Å². The molecule has 0 fully saturated rings. The molecule has 0 amide bonds. The zero-order chi connectivity index (χ0) is 24.9. The van der Waals surface area contributed by atoms with Gasteiger partial charge < -0.3 is 0 Å². The number of halogens is 1. The van der Waals surface area contributed by atoms with Crippen LogP contribution in [0.15, 0.2) is 75.3 Å². The summed E-state index contributed by atoms with van der Waals surface area (Å²) in [4.78, 5) is 32.7. The average molecular weight is 508 g/mol. The Morgan fingerprint density at radius 2 is 1.69 bits per heavy atom. The van der Waals surface area contributed by atoms with Crippen molar-refractivity contribution in [3.05, 3.63) is 92.2 Å². The van der Waals surface area contributed by atoms with Crippen LogP contribution in [-0.4, -0.2) is 28.5 Å². The van der Waals surface area contributed by atoms with Crippen molar-refractivity contribution in [2.75, 3.05) is 0 Å². The number of aromatic nitrogens is 6. The summed E-state index contributed by atoms with van der Waals surface area (Å²) in [5, 5.41) is 10.5. The highest BCUT2D eigenvalue weighted by molar-refractivity contribution is 7.97. The number of rotatable bonds is 5. The van der Waals surface area contributed by atoms with Crippen LogP contribution in [0, 0.1) is 0 Å². The van der Waals surface area contributed by atoms with E-state index in [9.17, 15) is 9.59 Å². The Kier molecular flexibility index (Phi) is 5.87. The Morgan fingerprint density at radius 1 is 1.00 bits per heavy atom. The molecule has 2 N–H and O–H groups in total. The van der Waals surface area contributed by atoms with Crippen molar-refractivity contribution in [2.45, 2.75) is 17.9 Å². The molecule has 9 nitrogen and oxygen atoms in total. The van der Waals surface area contributed by atoms with E-state index in [0.717, 1.165) is 27.0 Å². The molecule has 0 aliphatic rings. The summed E-state index contributed by atoms with van der Waals surface area (Å²) in [5.74, 6) is 0.487. The molecule has 0 radical (unpaired) electrons. The van der Waals surface area contributed by atoms with E-state index in [1.165, 1.54) is 7.05 Å². The first-order valence-electron chi connectivity index (χ1n) is 10.8. The van der Waals surface area contributed by atoms with Gasteiger partial charge in [0.25, 0.3) is 5.56 Å². The summed E-state index contributed by atoms with van der Waals surface area (Å²) in [6.45, 7) is 1.90. The lowest BCUT2D eigenvalue weighted by Gasteiger charge is -2.17. The van der Waals surface area contributed by atoms with E-state index in [0.29, 0.717) is 22.2 Å². The predicted molar refractivity (Wildman–Crippen MR) is 138 cm³/mol. The summed E-state index contributed by atoms with van der Waals surface area (Å²) >= 11 is 7.28. The Hall–Kier alpha value is -3.60. The van der Waals surface area contributed by atoms with Crippen molar-refractivity contribution in [3.8, 4) is 17.2 Å². The molecule has 3 aromatic heterocycles. The Balaban J connectivity index is 1.88. The van der Waals surface area contributed by atoms with Crippen molar-refractivity contribution in [1.82, 2.24) is 28.5 Å². The second-order valence-electron chi connectivity index (χ2n) is 8.14. The van der Waals surface area contributed by atoms with Gasteiger partial charge in [0, 0.05) is 35.9 Å². The molecule has 0 spiro atoms. The number of nitrogens with zero attached hydrogens (tertiary/aromatic N) is 6. The maximum Gasteiger partial charge on any atom is 0.333 e. The minimum Gasteiger partial charge on any atom is -0.285 e. The summed E-state index contributed by atoms with van der Waals surface area (Å²) in [7, 11) is 3.27. The summed E-state index contributed by atoms with van der Waals surface area (Å²) in [6, 6.07) is 16.2. The molecular formula is C24H22ClN7O2S. The van der Waals surface area contributed by atoms with Crippen molar-refractivity contribution in [3.63, 3.8) is 0 Å². The maximum absolute atomic E-state index is 13.5. The standard InChI is InChI=1S/C24H22ClN7O2S/c1-14(15-4-10-18(35-26)11-5-15)31-22-20(23(33)29(2)24(31)34)32(17-8-6-16(25)7-9-17)21(28-22)19-12-13-27-30(19)3/h4-14H,26H2,1-3H3/t14-/m0/s1. The molecule has 0 bridgehead atoms. The third-order valence-corrected chi connectivity index (χ3v) is 6.90. The van der Waals surface area contributed by atoms with Gasteiger partial charge in [-0.1, -0.05) is 23.7 Å². The Labute approximate surface area is 209 Å². The highest BCUT2D eigenvalue weighted by Crippen LogP contribution is 2.29. The number of nitrogens with two attached hydrogens (primary N) is 1. The van der Waals surface area contributed by atoms with Gasteiger partial charge in [-0.05, 0) is 66.9 Å². The molecule has 35 heavy (non-hydrogen) atoms. The van der Waals surface area contributed by atoms with Gasteiger partial charge in [-0.15, -0.1) is 0 Å². The van der Waals surface area contributed by atoms with E-state index in [1.54, 1.807) is 39.2 Å². The topological polar surface area (TPSA) is 106 Å². The van der Waals surface area contributed by atoms with E-state index < -0.39 is 17.3 Å². The zero-order valence-corrected chi connectivity index (χ0v) is 20.8. The van der Waals surface area contributed by atoms with Gasteiger partial charge in [-0.3, -0.25) is 28.3 Å². The minimum atomic E-state index is -0.454. The molecule has 11 heteroatoms. The molecule has 0 unspecified atom stereocenters. The van der Waals surface area contributed by atoms with Gasteiger partial charge in [-0.2, -0.15) is 5.10 Å². The number of imidazole rings is 1. The first kappa shape index (κ1) is 23.2. The quantitative estimate of drug-likeness (QED) is 0.365. The third-order valence-electron chi connectivity index (χ3n) is 6.11. The number of hydrogen-bond donors (Lipinski definition) is 1. The largest absolute Gasteiger partial charge is 0.333 e. The second kappa shape index (κ2) is 8.88. The number of hydrogen-bond acceptors (Lipinski definition) is 6. The van der Waals surface area contributed by atoms with Crippen LogP contribution >= 0.6 is 23.5 Å². The van der Waals surface area contributed by atoms with Gasteiger partial charge in [0.05, 0.1) is 6.04 Å². The first-order chi connectivity index (χ1) is 16.8. The van der Waals surface area contributed by atoms with Gasteiger partial charge in [-0.25, -0.2) is 9.78 Å². The van der Waals surface area contributed by atoms with E-state index in [2.05, 4.69) is 5.10 Å². The molecule has 0 aliphatic carbocycles. The smallest absolute Gasteiger partial charge is 0.285 e. The van der Waals surface area contributed by atoms with Gasteiger partial charge in [0.1, 0.15) is 5.69 Å². The van der Waals surface area contributed by atoms with E-state index in [4.69, 9.17) is 21.7 Å². The SMILES string of the molecule is C[C@@H](c1ccc(SN)cc1)n1c(=O)n(C)c(=O)c2c1nc(-c1ccnn1C)n2-c1ccc(Cl)cc1. The van der Waals surface area contributed by atoms with Gasteiger partial charge in [0.2, 0.25) is 0 Å². The van der Waals surface area contributed by atoms with Crippen LogP contribution in [0.4, 0.5) is 0 Å². The molecule has 3 heterocycles. The maximum atomic E-state index is 13.5. The highest BCUT2D eigenvalue weighted by Gasteiger charge is 2.26. The van der Waals surface area contributed by atoms with Crippen molar-refractivity contribution < 1.29 is 0 Å². The van der Waals surface area contributed by atoms with Crippen LogP contribution in [0.25, 0.3) is 28.4 Å². The van der Waals surface area contributed by atoms with Crippen LogP contribution in [0.3, 0.4) is 0 Å². The van der Waals surface area contributed by atoms with Crippen molar-refractivity contribution >= 4 is 34.7 Å². The molecular weight excluding hydrogens is 486 g/mol. The van der Waals surface area contributed by atoms with Crippen molar-refractivity contribution in [2.24, 2.45) is 19.2 Å². The fourth-order valence-corrected chi connectivity index (χ4v) is 4.62. The Bertz CT molecular complexity index is 1660. The summed E-state index contributed by atoms with van der Waals surface area (Å²) in [5.41, 5.74) is 1.93. The highest BCUT2D eigenvalue weighted by atomic mass is 35.5. The van der Waals surface area contributed by atoms with E-state index in [-0.39, 0.29) is 11.2 Å². The van der Waals surface area contributed by atoms with Gasteiger partial charge in [0.15, 0.2) is 17.0 Å². The van der Waals surface area contributed by atoms with Crippen LogP contribution in [0.5, 0.6) is 0 Å². The van der Waals surface area contributed by atoms with Crippen LogP contribution in [-0.2, 0) is 14.1 Å². The fraction of sp³-hybridized carbons (Fsp3) is 0.167. The molecule has 2 aromatic carbocycles. The summed E-state index contributed by atoms with van der Waals surface area (Å²) in [6.07, 6.45) is 1.66. The first-order valence-corrected chi connectivity index (χ1v) is 12.0. The van der Waals surface area contributed by atoms with E-state index >= 15 is 0 Å². The van der Waals surface area contributed by atoms with Crippen LogP contribution < -0.4 is 16.4 Å². The number of aryl methyl sites for hydroxylation is 1. The molecule has 5 aromatic rings. The van der Waals surface area contributed by atoms with Crippen molar-refractivity contribution in [1.29, 1.82) is 0 Å². The van der Waals surface area contributed by atoms with Crippen LogP contribution in [0.2, 0.25) is 5.02 Å². The zero-order valence-electron chi connectivity index (χ0n) is 19.2. The molecule has 1 atom stereocenters. The number of benzene rings is 2. The monoisotopic (exact) mass is 507 g/mol. The second-order valence-corrected chi connectivity index (χ2v) is 9.28. The predicted octanol–water partition coefficient (Wildman–Crippen LogP) is 3.51. The average Bonchev–Trinajstić information content (AvgIpc) is 3.46.